The molecule has 0 aliphatic carbocycles. The van der Waals surface area contributed by atoms with Crippen LogP contribution in [0.3, 0.4) is 0 Å². The lowest BCUT2D eigenvalue weighted by Crippen LogP contribution is -1.80. The fraction of sp³-hybridized carbons (Fsp3) is 0.667. The molecule has 0 spiro atoms. The second kappa shape index (κ2) is 5.78. The van der Waals surface area contributed by atoms with E-state index in [0.717, 1.165) is 13.2 Å². The molecule has 0 atom stereocenters. The summed E-state index contributed by atoms with van der Waals surface area (Å²) in [5, 5.41) is 0. The largest absolute Gasteiger partial charge is 0.482 e. The minimum absolute atomic E-state index is 0.778. The SMILES string of the molecule is C1=NCCO1.N=[N+]=N. The first-order valence-corrected chi connectivity index (χ1v) is 2.05. The third-order valence-corrected chi connectivity index (χ3v) is 0.487. The highest BCUT2D eigenvalue weighted by atomic mass is 16.5. The summed E-state index contributed by atoms with van der Waals surface area (Å²) in [5.41, 5.74) is 11.0. The molecule has 5 nitrogen and oxygen atoms in total. The van der Waals surface area contributed by atoms with Crippen molar-refractivity contribution < 1.29 is 4.74 Å². The van der Waals surface area contributed by atoms with Gasteiger partial charge in [0.25, 0.3) is 0 Å². The molecular weight excluding hydrogens is 108 g/mol. The number of nitrogens with zero attached hydrogens (tertiary/aromatic N) is 2. The maximum atomic E-state index is 5.50. The van der Waals surface area contributed by atoms with Gasteiger partial charge in [0.1, 0.15) is 17.7 Å². The highest BCUT2D eigenvalue weighted by Gasteiger charge is 1.84. The van der Waals surface area contributed by atoms with Crippen LogP contribution >= 0.6 is 0 Å². The molecule has 44 valence electrons. The average molecular weight is 115 g/mol. The zero-order valence-electron chi connectivity index (χ0n) is 4.29. The topological polar surface area (TPSA) is 83.4 Å². The van der Waals surface area contributed by atoms with Crippen LogP contribution in [0.1, 0.15) is 0 Å². The van der Waals surface area contributed by atoms with Crippen LogP contribution in [0.5, 0.6) is 0 Å². The monoisotopic (exact) mass is 115 g/mol. The van der Waals surface area contributed by atoms with E-state index in [4.69, 9.17) is 11.1 Å². The zero-order valence-corrected chi connectivity index (χ0v) is 4.29. The van der Waals surface area contributed by atoms with E-state index in [2.05, 4.69) is 9.73 Å². The first kappa shape index (κ1) is 6.78. The summed E-state index contributed by atoms with van der Waals surface area (Å²) in [5.74, 6) is 0. The third kappa shape index (κ3) is 4.78. The van der Waals surface area contributed by atoms with Crippen molar-refractivity contribution in [1.82, 2.24) is 4.91 Å². The van der Waals surface area contributed by atoms with Gasteiger partial charge in [0.05, 0.1) is 6.54 Å². The van der Waals surface area contributed by atoms with E-state index in [1.165, 1.54) is 6.40 Å². The Labute approximate surface area is 46.4 Å². The minimum Gasteiger partial charge on any atom is -0.482 e. The Morgan fingerprint density at radius 2 is 2.25 bits per heavy atom. The Hall–Kier alpha value is -1.22. The molecule has 0 amide bonds. The van der Waals surface area contributed by atoms with Crippen molar-refractivity contribution in [3.8, 4) is 0 Å². The zero-order chi connectivity index (χ0) is 6.24. The molecule has 0 aromatic carbocycles. The third-order valence-electron chi connectivity index (χ3n) is 0.487. The van der Waals surface area contributed by atoms with Crippen LogP contribution < -0.4 is 4.91 Å². The number of nitrogens with one attached hydrogen (secondary N) is 2. The summed E-state index contributed by atoms with van der Waals surface area (Å²) >= 11 is 0. The maximum Gasteiger partial charge on any atom is 0.211 e. The lowest BCUT2D eigenvalue weighted by atomic mass is 10.8. The molecule has 0 aromatic rings. The van der Waals surface area contributed by atoms with E-state index in [1.807, 2.05) is 4.91 Å². The smallest absolute Gasteiger partial charge is 0.211 e. The summed E-state index contributed by atoms with van der Waals surface area (Å²) < 4.78 is 4.65. The number of hydrogen-bond acceptors (Lipinski definition) is 4. The molecule has 1 rings (SSSR count). The van der Waals surface area contributed by atoms with Gasteiger partial charge in [-0.25, -0.2) is 0 Å². The molecule has 0 radical (unpaired) electrons. The Balaban J connectivity index is 0.000000145. The van der Waals surface area contributed by atoms with E-state index < -0.39 is 0 Å². The molecular formula is C3H7N4O+. The van der Waals surface area contributed by atoms with Crippen LogP contribution in [0.15, 0.2) is 4.99 Å². The van der Waals surface area contributed by atoms with Crippen molar-refractivity contribution in [1.29, 1.82) is 11.1 Å². The molecule has 5 heteroatoms. The molecule has 8 heavy (non-hydrogen) atoms. The summed E-state index contributed by atoms with van der Waals surface area (Å²) in [7, 11) is 0. The first-order valence-electron chi connectivity index (χ1n) is 2.05. The molecule has 0 unspecified atom stereocenters. The van der Waals surface area contributed by atoms with Crippen molar-refractivity contribution in [3.63, 3.8) is 0 Å². The fourth-order valence-electron chi connectivity index (χ4n) is 0.264. The highest BCUT2D eigenvalue weighted by Crippen LogP contribution is 1.78. The molecule has 1 heterocycles. The van der Waals surface area contributed by atoms with Crippen LogP contribution in [-0.2, 0) is 4.74 Å². The van der Waals surface area contributed by atoms with Crippen LogP contribution in [0.4, 0.5) is 0 Å². The number of rotatable bonds is 0. The molecule has 0 saturated heterocycles. The molecule has 1 aliphatic heterocycles. The van der Waals surface area contributed by atoms with E-state index in [-0.39, 0.29) is 0 Å². The molecule has 0 saturated carbocycles. The Morgan fingerprint density at radius 3 is 2.38 bits per heavy atom. The van der Waals surface area contributed by atoms with Crippen LogP contribution in [0.25, 0.3) is 0 Å². The van der Waals surface area contributed by atoms with E-state index >= 15 is 0 Å². The van der Waals surface area contributed by atoms with E-state index in [0.29, 0.717) is 0 Å². The average Bonchev–Trinajstić information content (AvgIpc) is 2.17. The normalized spacial score (nSPS) is 13.0. The van der Waals surface area contributed by atoms with Gasteiger partial charge in [-0.3, -0.25) is 4.99 Å². The quantitative estimate of drug-likeness (QED) is 0.342. The van der Waals surface area contributed by atoms with Crippen LogP contribution in [-0.4, -0.2) is 19.6 Å². The van der Waals surface area contributed by atoms with Gasteiger partial charge in [0.2, 0.25) is 4.91 Å². The lowest BCUT2D eigenvalue weighted by Gasteiger charge is -1.76. The fourth-order valence-corrected chi connectivity index (χ4v) is 0.264. The van der Waals surface area contributed by atoms with Crippen LogP contribution in [0, 0.1) is 11.1 Å². The maximum absolute atomic E-state index is 5.50. The Morgan fingerprint density at radius 1 is 1.62 bits per heavy atom. The van der Waals surface area contributed by atoms with Gasteiger partial charge in [-0.1, -0.05) is 0 Å². The molecule has 0 fully saturated rings. The molecule has 1 aliphatic rings. The predicted octanol–water partition coefficient (Wildman–Crippen LogP) is 0.160. The van der Waals surface area contributed by atoms with Gasteiger partial charge in [-0.15, -0.1) is 0 Å². The van der Waals surface area contributed by atoms with Gasteiger partial charge < -0.3 is 4.74 Å². The summed E-state index contributed by atoms with van der Waals surface area (Å²) in [6.07, 6.45) is 1.49. The van der Waals surface area contributed by atoms with Crippen molar-refractivity contribution in [2.45, 2.75) is 0 Å². The van der Waals surface area contributed by atoms with Crippen molar-refractivity contribution in [2.24, 2.45) is 4.99 Å². The summed E-state index contributed by atoms with van der Waals surface area (Å²) in [6, 6.07) is 0. The first-order chi connectivity index (χ1) is 3.91. The Kier molecular flexibility index (Phi) is 4.90. The Bertz CT molecular complexity index is 97.9. The highest BCUT2D eigenvalue weighted by molar-refractivity contribution is 5.47. The van der Waals surface area contributed by atoms with E-state index in [1.54, 1.807) is 0 Å². The number of ether oxygens (including phenoxy) is 1. The van der Waals surface area contributed by atoms with Gasteiger partial charge in [0.15, 0.2) is 6.40 Å². The standard InChI is InChI=1S/C3H5NO.H2N3/c1-2-5-3-4-1;1-3-2/h3H,1-2H2;1-2H/q;+1. The van der Waals surface area contributed by atoms with Gasteiger partial charge in [-0.2, -0.15) is 0 Å². The van der Waals surface area contributed by atoms with Crippen LogP contribution in [0.2, 0.25) is 0 Å². The van der Waals surface area contributed by atoms with Gasteiger partial charge in [-0.05, 0) is 0 Å². The van der Waals surface area contributed by atoms with Gasteiger partial charge >= 0.3 is 0 Å². The summed E-state index contributed by atoms with van der Waals surface area (Å²) in [6.45, 7) is 1.62. The minimum atomic E-state index is 0.778. The summed E-state index contributed by atoms with van der Waals surface area (Å²) in [4.78, 5) is 5.74. The molecule has 0 bridgehead atoms. The van der Waals surface area contributed by atoms with Crippen molar-refractivity contribution >= 4 is 6.40 Å². The number of hydrogen-bond donors (Lipinski definition) is 2. The molecule has 0 aromatic heterocycles. The van der Waals surface area contributed by atoms with E-state index in [9.17, 15) is 0 Å². The van der Waals surface area contributed by atoms with Gasteiger partial charge in [0, 0.05) is 0 Å². The lowest BCUT2D eigenvalue weighted by molar-refractivity contribution is 0.361. The molecule has 2 N–H and O–H groups in total. The predicted molar refractivity (Wildman–Crippen MR) is 26.9 cm³/mol. The second-order valence-electron chi connectivity index (χ2n) is 0.994. The van der Waals surface area contributed by atoms with Crippen molar-refractivity contribution in [3.05, 3.63) is 0 Å². The number of aliphatic imine (C=N–C) groups is 1. The second-order valence-corrected chi connectivity index (χ2v) is 0.994. The van der Waals surface area contributed by atoms with Crippen molar-refractivity contribution in [2.75, 3.05) is 13.2 Å².